The highest BCUT2D eigenvalue weighted by Crippen LogP contribution is 2.31. The van der Waals surface area contributed by atoms with Crippen molar-refractivity contribution in [2.45, 2.75) is 37.5 Å². The van der Waals surface area contributed by atoms with Crippen LogP contribution in [0.5, 0.6) is 0 Å². The van der Waals surface area contributed by atoms with E-state index in [-0.39, 0.29) is 0 Å². The molecule has 3 heteroatoms. The van der Waals surface area contributed by atoms with Crippen molar-refractivity contribution in [1.29, 1.82) is 0 Å². The minimum absolute atomic E-state index is 0.569. The summed E-state index contributed by atoms with van der Waals surface area (Å²) in [6.45, 7) is 4.61. The van der Waals surface area contributed by atoms with Crippen molar-refractivity contribution in [1.82, 2.24) is 10.2 Å². The van der Waals surface area contributed by atoms with Gasteiger partial charge in [-0.1, -0.05) is 0 Å². The molecular weight excluding hydrogens is 164 g/mol. The van der Waals surface area contributed by atoms with Gasteiger partial charge in [0.1, 0.15) is 0 Å². The molecule has 2 bridgehead atoms. The van der Waals surface area contributed by atoms with Gasteiger partial charge in [-0.2, -0.15) is 0 Å². The summed E-state index contributed by atoms with van der Waals surface area (Å²) >= 11 is 0. The molecule has 2 atom stereocenters. The Balaban J connectivity index is 1.65. The lowest BCUT2D eigenvalue weighted by Crippen LogP contribution is -2.48. The summed E-state index contributed by atoms with van der Waals surface area (Å²) in [5, 5.41) is 3.42. The Kier molecular flexibility index (Phi) is 2.04. The summed E-state index contributed by atoms with van der Waals surface area (Å²) in [6, 6.07) is 1.60. The van der Waals surface area contributed by atoms with E-state index in [1.165, 1.54) is 38.9 Å². The smallest absolute Gasteiger partial charge is 0.0718 e. The number of morpholine rings is 1. The summed E-state index contributed by atoms with van der Waals surface area (Å²) in [5.41, 5.74) is 0. The van der Waals surface area contributed by atoms with E-state index in [4.69, 9.17) is 4.74 Å². The number of nitrogens with one attached hydrogen (secondary N) is 1. The molecule has 0 amide bonds. The quantitative estimate of drug-likeness (QED) is 0.627. The molecule has 3 fully saturated rings. The Morgan fingerprint density at radius 1 is 1.15 bits per heavy atom. The van der Waals surface area contributed by atoms with Gasteiger partial charge in [0, 0.05) is 18.6 Å². The van der Waals surface area contributed by atoms with Gasteiger partial charge >= 0.3 is 0 Å². The molecular formula is C10H18N2O. The van der Waals surface area contributed by atoms with Crippen LogP contribution in [0, 0.1) is 0 Å². The molecule has 3 rings (SSSR count). The van der Waals surface area contributed by atoms with Crippen molar-refractivity contribution in [2.24, 2.45) is 0 Å². The highest BCUT2D eigenvalue weighted by Gasteiger charge is 2.41. The molecule has 3 aliphatic heterocycles. The lowest BCUT2D eigenvalue weighted by molar-refractivity contribution is 0.00537. The lowest BCUT2D eigenvalue weighted by atomic mass is 10.0. The minimum atomic E-state index is 0.569. The summed E-state index contributed by atoms with van der Waals surface area (Å²) < 4.78 is 5.62. The normalized spacial score (nSPS) is 41.5. The molecule has 0 aliphatic carbocycles. The van der Waals surface area contributed by atoms with E-state index >= 15 is 0 Å². The third-order valence-corrected chi connectivity index (χ3v) is 3.72. The monoisotopic (exact) mass is 182 g/mol. The van der Waals surface area contributed by atoms with Gasteiger partial charge in [0.25, 0.3) is 0 Å². The average Bonchev–Trinajstić information content (AvgIpc) is 2.80. The van der Waals surface area contributed by atoms with Crippen molar-refractivity contribution in [3.05, 3.63) is 0 Å². The Morgan fingerprint density at radius 2 is 2.00 bits per heavy atom. The maximum absolute atomic E-state index is 5.62. The summed E-state index contributed by atoms with van der Waals surface area (Å²) in [6.07, 6.45) is 4.54. The van der Waals surface area contributed by atoms with Crippen molar-refractivity contribution in [3.63, 3.8) is 0 Å². The molecule has 3 nitrogen and oxygen atoms in total. The van der Waals surface area contributed by atoms with E-state index in [2.05, 4.69) is 10.2 Å². The maximum Gasteiger partial charge on any atom is 0.0718 e. The van der Waals surface area contributed by atoms with Gasteiger partial charge in [-0.3, -0.25) is 4.90 Å². The number of piperidine rings is 1. The summed E-state index contributed by atoms with van der Waals surface area (Å²) in [5.74, 6) is 0. The number of rotatable bonds is 1. The Morgan fingerprint density at radius 3 is 2.62 bits per heavy atom. The van der Waals surface area contributed by atoms with Gasteiger partial charge in [0.05, 0.1) is 12.7 Å². The first kappa shape index (κ1) is 8.21. The summed E-state index contributed by atoms with van der Waals surface area (Å²) in [7, 11) is 0. The first-order valence-electron chi connectivity index (χ1n) is 5.51. The molecule has 1 N–H and O–H groups in total. The second-order valence-electron chi connectivity index (χ2n) is 4.52. The Bertz CT molecular complexity index is 191. The first-order valence-corrected chi connectivity index (χ1v) is 5.51. The highest BCUT2D eigenvalue weighted by atomic mass is 16.5. The SMILES string of the molecule is C1CC(N2C[C@H]3C[C@H]2CO3)CCN1. The zero-order valence-electron chi connectivity index (χ0n) is 8.04. The molecule has 0 spiro atoms. The molecule has 13 heavy (non-hydrogen) atoms. The fourth-order valence-electron chi connectivity index (χ4n) is 3.01. The van der Waals surface area contributed by atoms with E-state index in [9.17, 15) is 0 Å². The average molecular weight is 182 g/mol. The second-order valence-corrected chi connectivity index (χ2v) is 4.52. The van der Waals surface area contributed by atoms with Crippen molar-refractivity contribution >= 4 is 0 Å². The topological polar surface area (TPSA) is 24.5 Å². The van der Waals surface area contributed by atoms with Crippen LogP contribution in [0.3, 0.4) is 0 Å². The molecule has 0 aromatic heterocycles. The predicted molar refractivity (Wildman–Crippen MR) is 50.7 cm³/mol. The molecule has 0 saturated carbocycles. The predicted octanol–water partition coefficient (Wildman–Crippen LogP) is 0.211. The van der Waals surface area contributed by atoms with Crippen LogP contribution in [-0.2, 0) is 4.74 Å². The molecule has 74 valence electrons. The van der Waals surface area contributed by atoms with E-state index in [1.807, 2.05) is 0 Å². The zero-order valence-corrected chi connectivity index (χ0v) is 8.04. The fraction of sp³-hybridized carbons (Fsp3) is 1.00. The van der Waals surface area contributed by atoms with Gasteiger partial charge in [-0.15, -0.1) is 0 Å². The van der Waals surface area contributed by atoms with Crippen molar-refractivity contribution < 1.29 is 4.74 Å². The van der Waals surface area contributed by atoms with Crippen LogP contribution in [-0.4, -0.2) is 49.3 Å². The van der Waals surface area contributed by atoms with Crippen LogP contribution in [0.4, 0.5) is 0 Å². The van der Waals surface area contributed by atoms with Crippen LogP contribution in [0.1, 0.15) is 19.3 Å². The standard InChI is InChI=1S/C10H18N2O/c1-3-11-4-2-8(1)12-6-10-5-9(12)7-13-10/h8-11H,1-7H2/t9-,10+/m0/s1. The first-order chi connectivity index (χ1) is 6.43. The van der Waals surface area contributed by atoms with Crippen LogP contribution in [0.2, 0.25) is 0 Å². The zero-order chi connectivity index (χ0) is 8.67. The van der Waals surface area contributed by atoms with Gasteiger partial charge in [-0.05, 0) is 32.4 Å². The lowest BCUT2D eigenvalue weighted by Gasteiger charge is -2.37. The molecule has 3 heterocycles. The Hall–Kier alpha value is -0.120. The van der Waals surface area contributed by atoms with E-state index in [0.29, 0.717) is 6.10 Å². The van der Waals surface area contributed by atoms with Crippen LogP contribution >= 0.6 is 0 Å². The minimum Gasteiger partial charge on any atom is -0.375 e. The van der Waals surface area contributed by atoms with Gasteiger partial charge in [0.15, 0.2) is 0 Å². The van der Waals surface area contributed by atoms with Crippen LogP contribution < -0.4 is 5.32 Å². The largest absolute Gasteiger partial charge is 0.375 e. The molecule has 3 saturated heterocycles. The summed E-state index contributed by atoms with van der Waals surface area (Å²) in [4.78, 5) is 2.70. The second kappa shape index (κ2) is 3.23. The van der Waals surface area contributed by atoms with Gasteiger partial charge in [-0.25, -0.2) is 0 Å². The van der Waals surface area contributed by atoms with Crippen LogP contribution in [0.15, 0.2) is 0 Å². The number of nitrogens with zero attached hydrogens (tertiary/aromatic N) is 1. The van der Waals surface area contributed by atoms with Crippen molar-refractivity contribution in [3.8, 4) is 0 Å². The highest BCUT2D eigenvalue weighted by molar-refractivity contribution is 4.95. The molecule has 0 aromatic carbocycles. The third kappa shape index (κ3) is 1.39. The van der Waals surface area contributed by atoms with Crippen LogP contribution in [0.25, 0.3) is 0 Å². The maximum atomic E-state index is 5.62. The molecule has 3 aliphatic rings. The number of likely N-dealkylation sites (tertiary alicyclic amines) is 1. The number of fused-ring (bicyclic) bond motifs is 2. The molecule has 0 aromatic rings. The van der Waals surface area contributed by atoms with E-state index < -0.39 is 0 Å². The fourth-order valence-corrected chi connectivity index (χ4v) is 3.01. The number of hydrogen-bond donors (Lipinski definition) is 1. The van der Waals surface area contributed by atoms with Crippen molar-refractivity contribution in [2.75, 3.05) is 26.2 Å². The molecule has 0 unspecified atom stereocenters. The third-order valence-electron chi connectivity index (χ3n) is 3.72. The van der Waals surface area contributed by atoms with Gasteiger partial charge < -0.3 is 10.1 Å². The number of hydrogen-bond acceptors (Lipinski definition) is 3. The van der Waals surface area contributed by atoms with Gasteiger partial charge in [0.2, 0.25) is 0 Å². The van der Waals surface area contributed by atoms with E-state index in [0.717, 1.165) is 18.7 Å². The van der Waals surface area contributed by atoms with E-state index in [1.54, 1.807) is 0 Å². The molecule has 0 radical (unpaired) electrons. The Labute approximate surface area is 79.4 Å². The number of ether oxygens (including phenoxy) is 1.